The fourth-order valence-corrected chi connectivity index (χ4v) is 2.97. The van der Waals surface area contributed by atoms with E-state index in [1.807, 2.05) is 18.3 Å². The van der Waals surface area contributed by atoms with Gasteiger partial charge in [-0.05, 0) is 29.9 Å². The summed E-state index contributed by atoms with van der Waals surface area (Å²) in [6.07, 6.45) is 7.95. The van der Waals surface area contributed by atoms with Crippen molar-refractivity contribution in [1.29, 1.82) is 5.26 Å². The lowest BCUT2D eigenvalue weighted by Gasteiger charge is -2.52. The molecule has 1 heterocycles. The van der Waals surface area contributed by atoms with E-state index in [1.54, 1.807) is 6.20 Å². The maximum absolute atomic E-state index is 9.44. The van der Waals surface area contributed by atoms with Crippen molar-refractivity contribution in [2.45, 2.75) is 44.9 Å². The monoisotopic (exact) mass is 214 g/mol. The number of hydrogen-bond donors (Lipinski definition) is 0. The molecule has 1 aromatic rings. The Morgan fingerprint density at radius 3 is 2.50 bits per heavy atom. The van der Waals surface area contributed by atoms with Gasteiger partial charge in [-0.25, -0.2) is 0 Å². The fraction of sp³-hybridized carbons (Fsp3) is 0.571. The molecule has 16 heavy (non-hydrogen) atoms. The zero-order valence-corrected chi connectivity index (χ0v) is 10.0. The Bertz CT molecular complexity index is 390. The number of pyridine rings is 1. The second kappa shape index (κ2) is 3.90. The number of hydrogen-bond acceptors (Lipinski definition) is 2. The van der Waals surface area contributed by atoms with Crippen LogP contribution in [0.25, 0.3) is 0 Å². The second-order valence-corrected chi connectivity index (χ2v) is 5.00. The lowest BCUT2D eigenvalue weighted by atomic mass is 9.49. The van der Waals surface area contributed by atoms with E-state index in [2.05, 4.69) is 24.9 Å². The molecule has 1 saturated carbocycles. The summed E-state index contributed by atoms with van der Waals surface area (Å²) in [7, 11) is 0. The van der Waals surface area contributed by atoms with E-state index in [0.717, 1.165) is 18.4 Å². The predicted octanol–water partition coefficient (Wildman–Crippen LogP) is 3.44. The Kier molecular flexibility index (Phi) is 2.71. The van der Waals surface area contributed by atoms with Gasteiger partial charge in [0.15, 0.2) is 0 Å². The molecule has 1 aliphatic rings. The van der Waals surface area contributed by atoms with Crippen LogP contribution in [0.3, 0.4) is 0 Å². The molecule has 0 saturated heterocycles. The minimum Gasteiger partial charge on any atom is -0.264 e. The Hall–Kier alpha value is -1.36. The van der Waals surface area contributed by atoms with Gasteiger partial charge in [-0.15, -0.1) is 0 Å². The van der Waals surface area contributed by atoms with Crippen LogP contribution in [-0.2, 0) is 5.41 Å². The maximum atomic E-state index is 9.44. The number of aromatic nitrogens is 1. The van der Waals surface area contributed by atoms with Crippen LogP contribution < -0.4 is 0 Å². The van der Waals surface area contributed by atoms with E-state index >= 15 is 0 Å². The van der Waals surface area contributed by atoms with E-state index in [-0.39, 0.29) is 5.41 Å². The van der Waals surface area contributed by atoms with Gasteiger partial charge in [0.05, 0.1) is 11.5 Å². The molecular weight excluding hydrogens is 196 g/mol. The van der Waals surface area contributed by atoms with Crippen molar-refractivity contribution in [2.75, 3.05) is 0 Å². The average molecular weight is 214 g/mol. The van der Waals surface area contributed by atoms with Crippen molar-refractivity contribution in [3.05, 3.63) is 30.1 Å². The highest BCUT2D eigenvalue weighted by molar-refractivity contribution is 5.35. The van der Waals surface area contributed by atoms with Crippen molar-refractivity contribution in [3.63, 3.8) is 0 Å². The van der Waals surface area contributed by atoms with E-state index in [0.29, 0.717) is 5.41 Å². The van der Waals surface area contributed by atoms with Gasteiger partial charge >= 0.3 is 0 Å². The summed E-state index contributed by atoms with van der Waals surface area (Å²) >= 11 is 0. The lowest BCUT2D eigenvalue weighted by molar-refractivity contribution is 0.0478. The Morgan fingerprint density at radius 2 is 2.06 bits per heavy atom. The van der Waals surface area contributed by atoms with E-state index in [1.165, 1.54) is 12.8 Å². The highest BCUT2D eigenvalue weighted by Crippen LogP contribution is 2.58. The van der Waals surface area contributed by atoms with Crippen LogP contribution in [0.4, 0.5) is 0 Å². The van der Waals surface area contributed by atoms with E-state index < -0.39 is 0 Å². The second-order valence-electron chi connectivity index (χ2n) is 5.00. The summed E-state index contributed by atoms with van der Waals surface area (Å²) in [6.45, 7) is 4.46. The van der Waals surface area contributed by atoms with Gasteiger partial charge in [0.25, 0.3) is 0 Å². The molecule has 84 valence electrons. The smallest absolute Gasteiger partial charge is 0.0847 e. The highest BCUT2D eigenvalue weighted by Gasteiger charge is 2.53. The molecule has 2 nitrogen and oxygen atoms in total. The normalized spacial score (nSPS) is 20.8. The largest absolute Gasteiger partial charge is 0.264 e. The molecule has 2 heteroatoms. The SMILES string of the molecule is CCC1(CC)CC(C#N)(c2cccnc2)C1. The Labute approximate surface area is 97.3 Å². The molecule has 0 aliphatic heterocycles. The van der Waals surface area contributed by atoms with Crippen molar-refractivity contribution in [3.8, 4) is 6.07 Å². The van der Waals surface area contributed by atoms with Crippen molar-refractivity contribution < 1.29 is 0 Å². The van der Waals surface area contributed by atoms with Crippen LogP contribution in [0.2, 0.25) is 0 Å². The van der Waals surface area contributed by atoms with Gasteiger partial charge in [-0.3, -0.25) is 4.98 Å². The molecule has 0 atom stereocenters. The van der Waals surface area contributed by atoms with E-state index in [4.69, 9.17) is 0 Å². The van der Waals surface area contributed by atoms with Gasteiger partial charge in [0.1, 0.15) is 0 Å². The van der Waals surface area contributed by atoms with Crippen LogP contribution >= 0.6 is 0 Å². The van der Waals surface area contributed by atoms with Gasteiger partial charge < -0.3 is 0 Å². The molecule has 0 bridgehead atoms. The topological polar surface area (TPSA) is 36.7 Å². The Balaban J connectivity index is 2.25. The first-order valence-corrected chi connectivity index (χ1v) is 6.02. The summed E-state index contributed by atoms with van der Waals surface area (Å²) in [5.74, 6) is 0. The zero-order chi connectivity index (χ0) is 11.6. The molecule has 1 aromatic heterocycles. The number of rotatable bonds is 3. The van der Waals surface area contributed by atoms with Crippen LogP contribution in [-0.4, -0.2) is 4.98 Å². The first kappa shape index (κ1) is 11.1. The van der Waals surface area contributed by atoms with Crippen molar-refractivity contribution in [2.24, 2.45) is 5.41 Å². The van der Waals surface area contributed by atoms with Crippen LogP contribution in [0.5, 0.6) is 0 Å². The molecule has 2 rings (SSSR count). The first-order chi connectivity index (χ1) is 7.70. The van der Waals surface area contributed by atoms with Gasteiger partial charge in [-0.1, -0.05) is 32.8 Å². The molecule has 0 aromatic carbocycles. The molecule has 0 spiro atoms. The van der Waals surface area contributed by atoms with Crippen LogP contribution in [0.15, 0.2) is 24.5 Å². The minimum atomic E-state index is -0.264. The standard InChI is InChI=1S/C14H18N2/c1-3-13(4-2)9-14(10-13,11-15)12-6-5-7-16-8-12/h5-8H,3-4,9-10H2,1-2H3. The molecule has 0 radical (unpaired) electrons. The van der Waals surface area contributed by atoms with Gasteiger partial charge in [0, 0.05) is 12.4 Å². The Morgan fingerprint density at radius 1 is 1.38 bits per heavy atom. The van der Waals surface area contributed by atoms with Crippen molar-refractivity contribution in [1.82, 2.24) is 4.98 Å². The fourth-order valence-electron chi connectivity index (χ4n) is 2.97. The molecule has 0 amide bonds. The van der Waals surface area contributed by atoms with Gasteiger partial charge in [0.2, 0.25) is 0 Å². The molecule has 1 fully saturated rings. The molecular formula is C14H18N2. The highest BCUT2D eigenvalue weighted by atomic mass is 14.6. The lowest BCUT2D eigenvalue weighted by Crippen LogP contribution is -2.48. The minimum absolute atomic E-state index is 0.264. The molecule has 1 aliphatic carbocycles. The maximum Gasteiger partial charge on any atom is 0.0847 e. The summed E-state index contributed by atoms with van der Waals surface area (Å²) < 4.78 is 0. The average Bonchev–Trinajstić information content (AvgIpc) is 2.31. The quantitative estimate of drug-likeness (QED) is 0.772. The molecule has 0 N–H and O–H groups in total. The summed E-state index contributed by atoms with van der Waals surface area (Å²) in [4.78, 5) is 4.13. The third-order valence-corrected chi connectivity index (χ3v) is 4.28. The zero-order valence-electron chi connectivity index (χ0n) is 10.0. The third kappa shape index (κ3) is 1.51. The first-order valence-electron chi connectivity index (χ1n) is 6.02. The van der Waals surface area contributed by atoms with Gasteiger partial charge in [-0.2, -0.15) is 5.26 Å². The summed E-state index contributed by atoms with van der Waals surface area (Å²) in [5, 5.41) is 9.44. The third-order valence-electron chi connectivity index (χ3n) is 4.28. The van der Waals surface area contributed by atoms with Crippen molar-refractivity contribution >= 4 is 0 Å². The summed E-state index contributed by atoms with van der Waals surface area (Å²) in [6, 6.07) is 6.47. The van der Waals surface area contributed by atoms with Crippen LogP contribution in [0.1, 0.15) is 45.1 Å². The number of nitrogens with zero attached hydrogens (tertiary/aromatic N) is 2. The van der Waals surface area contributed by atoms with Crippen LogP contribution in [0, 0.1) is 16.7 Å². The number of nitriles is 1. The molecule has 0 unspecified atom stereocenters. The predicted molar refractivity (Wildman–Crippen MR) is 63.8 cm³/mol. The van der Waals surface area contributed by atoms with E-state index in [9.17, 15) is 5.26 Å². The summed E-state index contributed by atoms with van der Waals surface area (Å²) in [5.41, 5.74) is 1.22.